The molecule has 6 rings (SSSR count). The number of para-hydroxylation sites is 1. The van der Waals surface area contributed by atoms with Gasteiger partial charge in [0.15, 0.2) is 0 Å². The van der Waals surface area contributed by atoms with Gasteiger partial charge in [0.1, 0.15) is 17.6 Å². The van der Waals surface area contributed by atoms with Gasteiger partial charge in [0.25, 0.3) is 0 Å². The number of H-pyrrole nitrogens is 1. The molecule has 0 aliphatic carbocycles. The predicted octanol–water partition coefficient (Wildman–Crippen LogP) is 5.80. The van der Waals surface area contributed by atoms with E-state index in [0.29, 0.717) is 60.4 Å². The predicted molar refractivity (Wildman–Crippen MR) is 205 cm³/mol. The standard InChI is InChI=1S/C41H45N5O7/c1-45(29-13-12-28(37(24-29)52-2)25-42-26-36(48)32-14-16-35(47)40-33(32)15-17-38(49)44-40)39(50)20-23-46-21-18-30(19-22-46)53-41(51)43-34-11-7-6-10-31(34)27-8-4-3-5-9-27/h3-17,24,30,36,42,47-48H,18-23,25-26H2,1-2H3,(H,43,51)(H,44,49)/t36-/m0/s1. The minimum atomic E-state index is -0.899. The maximum absolute atomic E-state index is 13.2. The fourth-order valence-corrected chi connectivity index (χ4v) is 6.66. The molecule has 1 saturated heterocycles. The topological polar surface area (TPSA) is 156 Å². The molecule has 1 aliphatic heterocycles. The Bertz CT molecular complexity index is 2100. The number of methoxy groups -OCH3 is 1. The van der Waals surface area contributed by atoms with Crippen LogP contribution < -0.4 is 25.8 Å². The second kappa shape index (κ2) is 17.2. The number of pyridine rings is 1. The average molecular weight is 720 g/mol. The molecule has 0 spiro atoms. The van der Waals surface area contributed by atoms with E-state index in [-0.39, 0.29) is 35.4 Å². The van der Waals surface area contributed by atoms with Gasteiger partial charge < -0.3 is 39.8 Å². The van der Waals surface area contributed by atoms with E-state index in [2.05, 4.69) is 20.5 Å². The van der Waals surface area contributed by atoms with Crippen molar-refractivity contribution >= 4 is 34.3 Å². The summed E-state index contributed by atoms with van der Waals surface area (Å²) < 4.78 is 11.4. The Morgan fingerprint density at radius 1 is 0.981 bits per heavy atom. The molecule has 1 aliphatic rings. The number of phenols is 1. The van der Waals surface area contributed by atoms with Crippen LogP contribution in [0.5, 0.6) is 11.5 Å². The number of aromatic nitrogens is 1. The van der Waals surface area contributed by atoms with Crippen LogP contribution in [0, 0.1) is 0 Å². The summed E-state index contributed by atoms with van der Waals surface area (Å²) in [6.07, 6.45) is 0.144. The highest BCUT2D eigenvalue weighted by atomic mass is 16.6. The van der Waals surface area contributed by atoms with Crippen molar-refractivity contribution < 1.29 is 29.3 Å². The van der Waals surface area contributed by atoms with Crippen molar-refractivity contribution in [1.29, 1.82) is 0 Å². The van der Waals surface area contributed by atoms with Crippen LogP contribution in [0.25, 0.3) is 22.0 Å². The van der Waals surface area contributed by atoms with E-state index in [4.69, 9.17) is 9.47 Å². The molecule has 0 saturated carbocycles. The molecular weight excluding hydrogens is 674 g/mol. The monoisotopic (exact) mass is 719 g/mol. The maximum Gasteiger partial charge on any atom is 0.411 e. The van der Waals surface area contributed by atoms with Gasteiger partial charge in [-0.1, -0.05) is 60.7 Å². The third kappa shape index (κ3) is 9.22. The van der Waals surface area contributed by atoms with Crippen LogP contribution in [0.2, 0.25) is 0 Å². The molecular formula is C41H45N5O7. The van der Waals surface area contributed by atoms with Gasteiger partial charge in [-0.25, -0.2) is 4.79 Å². The highest BCUT2D eigenvalue weighted by Gasteiger charge is 2.24. The van der Waals surface area contributed by atoms with E-state index in [0.717, 1.165) is 29.8 Å². The first-order valence-corrected chi connectivity index (χ1v) is 17.7. The van der Waals surface area contributed by atoms with E-state index < -0.39 is 12.2 Å². The number of aromatic hydroxyl groups is 1. The number of likely N-dealkylation sites (tertiary alicyclic amines) is 1. The van der Waals surface area contributed by atoms with E-state index in [9.17, 15) is 24.6 Å². The lowest BCUT2D eigenvalue weighted by Gasteiger charge is -2.31. The lowest BCUT2D eigenvalue weighted by atomic mass is 10.0. The highest BCUT2D eigenvalue weighted by Crippen LogP contribution is 2.30. The number of fused-ring (bicyclic) bond motifs is 1. The molecule has 53 heavy (non-hydrogen) atoms. The number of hydrogen-bond acceptors (Lipinski definition) is 9. The molecule has 1 aromatic heterocycles. The molecule has 2 heterocycles. The Labute approximate surface area is 308 Å². The van der Waals surface area contributed by atoms with Crippen LogP contribution in [0.1, 0.15) is 36.5 Å². The largest absolute Gasteiger partial charge is 0.506 e. The second-order valence-corrected chi connectivity index (χ2v) is 13.1. The van der Waals surface area contributed by atoms with Crippen molar-refractivity contribution in [2.24, 2.45) is 0 Å². The van der Waals surface area contributed by atoms with Crippen molar-refractivity contribution in [3.8, 4) is 22.6 Å². The Morgan fingerprint density at radius 3 is 2.51 bits per heavy atom. The molecule has 276 valence electrons. The Morgan fingerprint density at radius 2 is 1.74 bits per heavy atom. The van der Waals surface area contributed by atoms with E-state index in [1.54, 1.807) is 31.2 Å². The number of rotatable bonds is 13. The van der Waals surface area contributed by atoms with Gasteiger partial charge in [0.2, 0.25) is 11.5 Å². The number of nitrogens with one attached hydrogen (secondary N) is 3. The van der Waals surface area contributed by atoms with Crippen LogP contribution in [0.3, 0.4) is 0 Å². The molecule has 4 aromatic carbocycles. The summed E-state index contributed by atoms with van der Waals surface area (Å²) in [7, 11) is 3.32. The van der Waals surface area contributed by atoms with Crippen molar-refractivity contribution in [3.63, 3.8) is 0 Å². The number of anilines is 2. The first kappa shape index (κ1) is 37.1. The fourth-order valence-electron chi connectivity index (χ4n) is 6.66. The summed E-state index contributed by atoms with van der Waals surface area (Å²) in [6, 6.07) is 29.1. The van der Waals surface area contributed by atoms with Gasteiger partial charge in [-0.05, 0) is 48.2 Å². The molecule has 5 N–H and O–H groups in total. The van der Waals surface area contributed by atoms with Crippen molar-refractivity contribution in [2.75, 3.05) is 50.6 Å². The first-order valence-electron chi connectivity index (χ1n) is 17.7. The molecule has 1 fully saturated rings. The number of benzene rings is 4. The Balaban J connectivity index is 0.944. The van der Waals surface area contributed by atoms with Gasteiger partial charge in [-0.15, -0.1) is 0 Å². The third-order valence-corrected chi connectivity index (χ3v) is 9.65. The number of aromatic amines is 1. The molecule has 12 nitrogen and oxygen atoms in total. The number of amides is 2. The van der Waals surface area contributed by atoms with Gasteiger partial charge >= 0.3 is 6.09 Å². The zero-order chi connectivity index (χ0) is 37.3. The van der Waals surface area contributed by atoms with Crippen LogP contribution in [-0.4, -0.2) is 78.5 Å². The maximum atomic E-state index is 13.2. The summed E-state index contributed by atoms with van der Waals surface area (Å²) in [4.78, 5) is 44.2. The molecule has 0 unspecified atom stereocenters. The van der Waals surface area contributed by atoms with Gasteiger partial charge in [0, 0.05) is 80.5 Å². The third-order valence-electron chi connectivity index (χ3n) is 9.65. The zero-order valence-corrected chi connectivity index (χ0v) is 29.9. The second-order valence-electron chi connectivity index (χ2n) is 13.1. The van der Waals surface area contributed by atoms with Crippen molar-refractivity contribution in [2.45, 2.75) is 38.0 Å². The normalized spacial score (nSPS) is 14.1. The van der Waals surface area contributed by atoms with E-state index in [1.807, 2.05) is 72.8 Å². The van der Waals surface area contributed by atoms with Crippen LogP contribution in [0.15, 0.2) is 102 Å². The summed E-state index contributed by atoms with van der Waals surface area (Å²) in [5, 5.41) is 27.8. The molecule has 1 atom stereocenters. The van der Waals surface area contributed by atoms with Gasteiger partial charge in [0.05, 0.1) is 24.4 Å². The minimum Gasteiger partial charge on any atom is -0.506 e. The van der Waals surface area contributed by atoms with Crippen molar-refractivity contribution in [3.05, 3.63) is 119 Å². The Kier molecular flexibility index (Phi) is 12.0. The van der Waals surface area contributed by atoms with Crippen molar-refractivity contribution in [1.82, 2.24) is 15.2 Å². The lowest BCUT2D eigenvalue weighted by molar-refractivity contribution is -0.118. The zero-order valence-electron chi connectivity index (χ0n) is 29.9. The first-order chi connectivity index (χ1) is 25.7. The molecule has 0 radical (unpaired) electrons. The SMILES string of the molecule is COc1cc(N(C)C(=O)CCN2CCC(OC(=O)Nc3ccccc3-c3ccccc3)CC2)ccc1CNC[C@H](O)c1ccc(O)c2[nH]c(=O)ccc12. The number of carbonyl (C=O) groups excluding carboxylic acids is 2. The highest BCUT2D eigenvalue weighted by molar-refractivity contribution is 5.93. The van der Waals surface area contributed by atoms with Crippen LogP contribution in [-0.2, 0) is 16.1 Å². The van der Waals surface area contributed by atoms with Gasteiger partial charge in [-0.3, -0.25) is 14.9 Å². The molecule has 0 bridgehead atoms. The summed E-state index contributed by atoms with van der Waals surface area (Å²) in [6.45, 7) is 2.65. The minimum absolute atomic E-state index is 0.0293. The quantitative estimate of drug-likeness (QED) is 0.102. The number of nitrogens with zero attached hydrogens (tertiary/aromatic N) is 2. The Hall–Kier alpha value is -5.69. The summed E-state index contributed by atoms with van der Waals surface area (Å²) in [5.74, 6) is 0.509. The molecule has 5 aromatic rings. The van der Waals surface area contributed by atoms with Crippen LogP contribution in [0.4, 0.5) is 16.2 Å². The summed E-state index contributed by atoms with van der Waals surface area (Å²) in [5.41, 5.74) is 4.70. The number of piperidine rings is 1. The fraction of sp³-hybridized carbons (Fsp3) is 0.293. The molecule has 12 heteroatoms. The number of phenolic OH excluding ortho intramolecular Hbond substituents is 1. The van der Waals surface area contributed by atoms with Crippen LogP contribution >= 0.6 is 0 Å². The number of ether oxygens (including phenoxy) is 2. The summed E-state index contributed by atoms with van der Waals surface area (Å²) >= 11 is 0. The van der Waals surface area contributed by atoms with E-state index >= 15 is 0 Å². The number of aliphatic hydroxyl groups excluding tert-OH is 1. The average Bonchev–Trinajstić information content (AvgIpc) is 3.18. The number of carbonyl (C=O) groups is 2. The van der Waals surface area contributed by atoms with E-state index in [1.165, 1.54) is 12.1 Å². The molecule has 2 amide bonds. The number of aliphatic hydroxyl groups is 1. The lowest BCUT2D eigenvalue weighted by Crippen LogP contribution is -2.40. The van der Waals surface area contributed by atoms with Gasteiger partial charge in [-0.2, -0.15) is 0 Å². The number of hydrogen-bond donors (Lipinski definition) is 5. The smallest absolute Gasteiger partial charge is 0.411 e.